The third kappa shape index (κ3) is 4.07. The number of carbonyl (C=O) groups is 1. The van der Waals surface area contributed by atoms with Gasteiger partial charge in [0, 0.05) is 44.2 Å². The Labute approximate surface area is 128 Å². The highest BCUT2D eigenvalue weighted by Crippen LogP contribution is 2.31. The van der Waals surface area contributed by atoms with E-state index in [1.807, 2.05) is 6.92 Å². The number of carbonyl (C=O) groups excluding carboxylic acids is 1. The van der Waals surface area contributed by atoms with Gasteiger partial charge < -0.3 is 10.1 Å². The first-order valence-corrected chi connectivity index (χ1v) is 8.15. The quantitative estimate of drug-likeness (QED) is 0.600. The SMILES string of the molecule is CCc1cc(=O)n2c(n1)SCC2CC(=O)NCCCOC. The summed E-state index contributed by atoms with van der Waals surface area (Å²) in [5.74, 6) is 0.692. The average Bonchev–Trinajstić information content (AvgIpc) is 2.87. The van der Waals surface area contributed by atoms with Crippen LogP contribution in [0.5, 0.6) is 0 Å². The number of methoxy groups -OCH3 is 1. The van der Waals surface area contributed by atoms with Gasteiger partial charge in [0.25, 0.3) is 5.56 Å². The summed E-state index contributed by atoms with van der Waals surface area (Å²) in [7, 11) is 1.64. The first-order chi connectivity index (χ1) is 10.2. The van der Waals surface area contributed by atoms with Crippen molar-refractivity contribution < 1.29 is 9.53 Å². The number of nitrogens with one attached hydrogen (secondary N) is 1. The summed E-state index contributed by atoms with van der Waals surface area (Å²) in [5.41, 5.74) is 0.752. The Morgan fingerprint density at radius 1 is 1.62 bits per heavy atom. The molecule has 1 atom stereocenters. The molecule has 1 aromatic heterocycles. The van der Waals surface area contributed by atoms with E-state index in [4.69, 9.17) is 4.74 Å². The largest absolute Gasteiger partial charge is 0.385 e. The molecule has 1 amide bonds. The van der Waals surface area contributed by atoms with Crippen molar-refractivity contribution in [1.29, 1.82) is 0 Å². The highest BCUT2D eigenvalue weighted by Gasteiger charge is 2.27. The molecule has 0 aromatic carbocycles. The number of amides is 1. The van der Waals surface area contributed by atoms with Gasteiger partial charge in [-0.05, 0) is 12.8 Å². The molecule has 0 fully saturated rings. The van der Waals surface area contributed by atoms with Crippen molar-refractivity contribution in [2.24, 2.45) is 0 Å². The molecule has 0 saturated heterocycles. The molecule has 21 heavy (non-hydrogen) atoms. The third-order valence-corrected chi connectivity index (χ3v) is 4.47. The number of hydrogen-bond acceptors (Lipinski definition) is 5. The van der Waals surface area contributed by atoms with E-state index in [0.717, 1.165) is 29.4 Å². The van der Waals surface area contributed by atoms with Crippen LogP contribution in [0.25, 0.3) is 0 Å². The molecule has 0 radical (unpaired) electrons. The van der Waals surface area contributed by atoms with Gasteiger partial charge in [-0.15, -0.1) is 0 Å². The number of fused-ring (bicyclic) bond motifs is 1. The van der Waals surface area contributed by atoms with Crippen LogP contribution in [0, 0.1) is 0 Å². The molecule has 1 unspecified atom stereocenters. The maximum absolute atomic E-state index is 12.1. The Hall–Kier alpha value is -1.34. The fourth-order valence-corrected chi connectivity index (χ4v) is 3.43. The monoisotopic (exact) mass is 311 g/mol. The zero-order valence-electron chi connectivity index (χ0n) is 12.4. The molecular formula is C14H21N3O3S. The van der Waals surface area contributed by atoms with Crippen LogP contribution in [0.3, 0.4) is 0 Å². The predicted molar refractivity (Wildman–Crippen MR) is 81.8 cm³/mol. The van der Waals surface area contributed by atoms with Gasteiger partial charge in [0.05, 0.1) is 6.04 Å². The Morgan fingerprint density at radius 2 is 2.43 bits per heavy atom. The van der Waals surface area contributed by atoms with E-state index >= 15 is 0 Å². The highest BCUT2D eigenvalue weighted by molar-refractivity contribution is 7.99. The predicted octanol–water partition coefficient (Wildman–Crippen LogP) is 0.995. The number of hydrogen-bond donors (Lipinski definition) is 1. The van der Waals surface area contributed by atoms with Gasteiger partial charge in [-0.3, -0.25) is 14.2 Å². The smallest absolute Gasteiger partial charge is 0.254 e. The first-order valence-electron chi connectivity index (χ1n) is 7.16. The Morgan fingerprint density at radius 3 is 3.14 bits per heavy atom. The standard InChI is InChI=1S/C14H21N3O3S/c1-3-10-7-13(19)17-11(9-21-14(17)16-10)8-12(18)15-5-4-6-20-2/h7,11H,3-6,8-9H2,1-2H3,(H,15,18). The molecule has 0 bridgehead atoms. The number of aryl methyl sites for hydroxylation is 1. The van der Waals surface area contributed by atoms with E-state index in [-0.39, 0.29) is 17.5 Å². The summed E-state index contributed by atoms with van der Waals surface area (Å²) in [4.78, 5) is 28.5. The van der Waals surface area contributed by atoms with Crippen LogP contribution >= 0.6 is 11.8 Å². The van der Waals surface area contributed by atoms with Crippen molar-refractivity contribution in [1.82, 2.24) is 14.9 Å². The second kappa shape index (κ2) is 7.61. The molecule has 1 aromatic rings. The lowest BCUT2D eigenvalue weighted by Gasteiger charge is -2.13. The van der Waals surface area contributed by atoms with Crippen molar-refractivity contribution in [2.45, 2.75) is 37.4 Å². The van der Waals surface area contributed by atoms with Gasteiger partial charge in [0.2, 0.25) is 5.91 Å². The van der Waals surface area contributed by atoms with Gasteiger partial charge in [-0.1, -0.05) is 18.7 Å². The molecule has 1 aliphatic rings. The minimum absolute atomic E-state index is 0.0315. The van der Waals surface area contributed by atoms with Crippen molar-refractivity contribution >= 4 is 17.7 Å². The van der Waals surface area contributed by atoms with Crippen LogP contribution in [0.15, 0.2) is 16.0 Å². The lowest BCUT2D eigenvalue weighted by Crippen LogP contribution is -2.31. The van der Waals surface area contributed by atoms with Crippen LogP contribution in [-0.2, 0) is 16.0 Å². The first kappa shape index (κ1) is 16.0. The normalized spacial score (nSPS) is 16.8. The summed E-state index contributed by atoms with van der Waals surface area (Å²) in [6.45, 7) is 3.20. The summed E-state index contributed by atoms with van der Waals surface area (Å²) >= 11 is 1.55. The molecule has 116 valence electrons. The van der Waals surface area contributed by atoms with E-state index in [1.165, 1.54) is 0 Å². The Balaban J connectivity index is 1.96. The van der Waals surface area contributed by atoms with Gasteiger partial charge in [-0.25, -0.2) is 4.98 Å². The molecule has 1 aliphatic heterocycles. The minimum atomic E-state index is -0.0988. The molecule has 7 heteroatoms. The maximum Gasteiger partial charge on any atom is 0.254 e. The lowest BCUT2D eigenvalue weighted by atomic mass is 10.2. The second-order valence-corrected chi connectivity index (χ2v) is 5.94. The molecule has 1 N–H and O–H groups in total. The van der Waals surface area contributed by atoms with Crippen LogP contribution < -0.4 is 10.9 Å². The molecule has 6 nitrogen and oxygen atoms in total. The van der Waals surface area contributed by atoms with Gasteiger partial charge >= 0.3 is 0 Å². The van der Waals surface area contributed by atoms with Crippen molar-refractivity contribution in [3.63, 3.8) is 0 Å². The fraction of sp³-hybridized carbons (Fsp3) is 0.643. The summed E-state index contributed by atoms with van der Waals surface area (Å²) in [6.07, 6.45) is 1.86. The molecule has 0 aliphatic carbocycles. The second-order valence-electron chi connectivity index (χ2n) is 4.96. The fourth-order valence-electron chi connectivity index (χ4n) is 2.26. The maximum atomic E-state index is 12.1. The lowest BCUT2D eigenvalue weighted by molar-refractivity contribution is -0.121. The summed E-state index contributed by atoms with van der Waals surface area (Å²) in [6, 6.07) is 1.47. The van der Waals surface area contributed by atoms with E-state index in [0.29, 0.717) is 19.6 Å². The average molecular weight is 311 g/mol. The topological polar surface area (TPSA) is 73.2 Å². The minimum Gasteiger partial charge on any atom is -0.385 e. The van der Waals surface area contributed by atoms with Crippen LogP contribution in [0.1, 0.15) is 31.5 Å². The van der Waals surface area contributed by atoms with E-state index < -0.39 is 0 Å². The zero-order valence-corrected chi connectivity index (χ0v) is 13.2. The molecule has 2 rings (SSSR count). The number of aromatic nitrogens is 2. The van der Waals surface area contributed by atoms with Gasteiger partial charge in [-0.2, -0.15) is 0 Å². The van der Waals surface area contributed by atoms with Crippen molar-refractivity contribution in [3.8, 4) is 0 Å². The number of thioether (sulfide) groups is 1. The van der Waals surface area contributed by atoms with Crippen LogP contribution in [-0.4, -0.2) is 41.5 Å². The van der Waals surface area contributed by atoms with Crippen molar-refractivity contribution in [3.05, 3.63) is 22.1 Å². The van der Waals surface area contributed by atoms with Crippen molar-refractivity contribution in [2.75, 3.05) is 26.0 Å². The summed E-state index contributed by atoms with van der Waals surface area (Å²) < 4.78 is 6.58. The van der Waals surface area contributed by atoms with Gasteiger partial charge in [0.15, 0.2) is 5.16 Å². The number of rotatable bonds is 7. The highest BCUT2D eigenvalue weighted by atomic mass is 32.2. The molecular weight excluding hydrogens is 290 g/mol. The van der Waals surface area contributed by atoms with E-state index in [1.54, 1.807) is 29.5 Å². The number of ether oxygens (including phenoxy) is 1. The van der Waals surface area contributed by atoms with E-state index in [9.17, 15) is 9.59 Å². The summed E-state index contributed by atoms with van der Waals surface area (Å²) in [5, 5.41) is 3.59. The Kier molecular flexibility index (Phi) is 5.81. The van der Waals surface area contributed by atoms with Crippen LogP contribution in [0.4, 0.5) is 0 Å². The molecule has 0 saturated carbocycles. The molecule has 2 heterocycles. The third-order valence-electron chi connectivity index (χ3n) is 3.37. The van der Waals surface area contributed by atoms with E-state index in [2.05, 4.69) is 10.3 Å². The van der Waals surface area contributed by atoms with Gasteiger partial charge in [0.1, 0.15) is 0 Å². The zero-order chi connectivity index (χ0) is 15.2. The Bertz CT molecular complexity index is 559. The van der Waals surface area contributed by atoms with Crippen LogP contribution in [0.2, 0.25) is 0 Å². The number of nitrogens with zero attached hydrogens (tertiary/aromatic N) is 2. The molecule has 0 spiro atoms.